The highest BCUT2D eigenvalue weighted by Crippen LogP contribution is 2.29. The van der Waals surface area contributed by atoms with E-state index in [9.17, 15) is 19.2 Å². The second kappa shape index (κ2) is 10.3. The molecule has 9 heteroatoms. The minimum Gasteiger partial charge on any atom is -0.359 e. The molecule has 2 amide bonds. The van der Waals surface area contributed by atoms with Crippen LogP contribution in [0.25, 0.3) is 10.2 Å². The number of thiophene rings is 1. The van der Waals surface area contributed by atoms with Gasteiger partial charge in [-0.05, 0) is 55.4 Å². The summed E-state index contributed by atoms with van der Waals surface area (Å²) in [4.78, 5) is 50.5. The van der Waals surface area contributed by atoms with E-state index in [0.29, 0.717) is 29.2 Å². The molecule has 1 aliphatic rings. The van der Waals surface area contributed by atoms with Crippen molar-refractivity contribution in [3.63, 3.8) is 0 Å². The number of rotatable bonds is 8. The Labute approximate surface area is 185 Å². The molecule has 0 saturated heterocycles. The third-order valence-electron chi connectivity index (χ3n) is 6.09. The number of fused-ring (bicyclic) bond motifs is 1. The fourth-order valence-corrected chi connectivity index (χ4v) is 5.06. The Bertz CT molecular complexity index is 1040. The summed E-state index contributed by atoms with van der Waals surface area (Å²) in [5, 5.41) is 7.33. The molecule has 2 aromatic heterocycles. The van der Waals surface area contributed by atoms with Gasteiger partial charge in [-0.3, -0.25) is 23.5 Å². The third kappa shape index (κ3) is 5.44. The van der Waals surface area contributed by atoms with Crippen LogP contribution in [0.2, 0.25) is 0 Å². The van der Waals surface area contributed by atoms with Crippen LogP contribution in [0.5, 0.6) is 0 Å². The molecular weight excluding hydrogens is 416 g/mol. The molecule has 1 aliphatic carbocycles. The maximum Gasteiger partial charge on any atom is 0.332 e. The Hall–Kier alpha value is -2.42. The maximum absolute atomic E-state index is 13.2. The summed E-state index contributed by atoms with van der Waals surface area (Å²) in [7, 11) is 1.64. The highest BCUT2D eigenvalue weighted by molar-refractivity contribution is 7.17. The molecule has 0 radical (unpaired) electrons. The van der Waals surface area contributed by atoms with Gasteiger partial charge in [-0.25, -0.2) is 4.79 Å². The Morgan fingerprint density at radius 2 is 1.87 bits per heavy atom. The molecular formula is C22H32N4O4S. The first-order chi connectivity index (χ1) is 14.8. The van der Waals surface area contributed by atoms with Gasteiger partial charge in [0.2, 0.25) is 11.8 Å². The van der Waals surface area contributed by atoms with Crippen LogP contribution in [0.1, 0.15) is 46.0 Å². The monoisotopic (exact) mass is 448 g/mol. The highest BCUT2D eigenvalue weighted by atomic mass is 32.1. The standard InChI is InChI=1S/C22H32N4O4S/c1-14(2)8-10-24-18(27)13-25-17-9-11-31-19(17)21(29)26(22(25)30)12-15-4-6-16(7-5-15)20(28)23-3/h9,11,14-16H,4-8,10,12-13H2,1-3H3,(H,23,28)(H,24,27). The SMILES string of the molecule is CNC(=O)C1CCC(Cn2c(=O)c3sccc3n(CC(=O)NCCC(C)C)c2=O)CC1. The Kier molecular flexibility index (Phi) is 7.69. The number of nitrogens with one attached hydrogen (secondary N) is 2. The number of carbonyl (C=O) groups is 2. The minimum atomic E-state index is -0.441. The normalized spacial score (nSPS) is 19.0. The zero-order valence-corrected chi connectivity index (χ0v) is 19.3. The minimum absolute atomic E-state index is 0.00365. The van der Waals surface area contributed by atoms with Gasteiger partial charge in [0.15, 0.2) is 0 Å². The zero-order chi connectivity index (χ0) is 22.5. The molecule has 170 valence electrons. The molecule has 1 fully saturated rings. The largest absolute Gasteiger partial charge is 0.359 e. The van der Waals surface area contributed by atoms with Crippen molar-refractivity contribution in [1.29, 1.82) is 0 Å². The Morgan fingerprint density at radius 3 is 2.52 bits per heavy atom. The van der Waals surface area contributed by atoms with Gasteiger partial charge in [0.05, 0.1) is 5.52 Å². The van der Waals surface area contributed by atoms with Crippen LogP contribution in [0, 0.1) is 17.8 Å². The lowest BCUT2D eigenvalue weighted by Crippen LogP contribution is -2.44. The highest BCUT2D eigenvalue weighted by Gasteiger charge is 2.27. The predicted molar refractivity (Wildman–Crippen MR) is 122 cm³/mol. The average molecular weight is 449 g/mol. The molecule has 2 N–H and O–H groups in total. The lowest BCUT2D eigenvalue weighted by Gasteiger charge is -2.27. The fourth-order valence-electron chi connectivity index (χ4n) is 4.22. The Balaban J connectivity index is 1.79. The van der Waals surface area contributed by atoms with E-state index in [4.69, 9.17) is 0 Å². The molecule has 0 spiro atoms. The van der Waals surface area contributed by atoms with E-state index in [1.54, 1.807) is 18.5 Å². The van der Waals surface area contributed by atoms with Gasteiger partial charge >= 0.3 is 5.69 Å². The van der Waals surface area contributed by atoms with E-state index in [0.717, 1.165) is 32.1 Å². The lowest BCUT2D eigenvalue weighted by molar-refractivity contribution is -0.125. The molecule has 0 atom stereocenters. The maximum atomic E-state index is 13.2. The molecule has 2 heterocycles. The summed E-state index contributed by atoms with van der Waals surface area (Å²) in [6.45, 7) is 4.95. The summed E-state index contributed by atoms with van der Waals surface area (Å²) in [5.74, 6) is 0.473. The second-order valence-electron chi connectivity index (χ2n) is 8.78. The van der Waals surface area contributed by atoms with E-state index < -0.39 is 5.69 Å². The van der Waals surface area contributed by atoms with Crippen LogP contribution in [0.4, 0.5) is 0 Å². The first-order valence-electron chi connectivity index (χ1n) is 11.0. The summed E-state index contributed by atoms with van der Waals surface area (Å²) in [6, 6.07) is 1.73. The van der Waals surface area contributed by atoms with Crippen LogP contribution in [-0.2, 0) is 22.7 Å². The van der Waals surface area contributed by atoms with Gasteiger partial charge in [-0.15, -0.1) is 11.3 Å². The smallest absolute Gasteiger partial charge is 0.332 e. The van der Waals surface area contributed by atoms with E-state index in [-0.39, 0.29) is 35.8 Å². The number of nitrogens with zero attached hydrogens (tertiary/aromatic N) is 2. The van der Waals surface area contributed by atoms with Gasteiger partial charge < -0.3 is 10.6 Å². The fraction of sp³-hybridized carbons (Fsp3) is 0.636. The van der Waals surface area contributed by atoms with Gasteiger partial charge in [0, 0.05) is 26.1 Å². The van der Waals surface area contributed by atoms with Gasteiger partial charge in [-0.1, -0.05) is 13.8 Å². The van der Waals surface area contributed by atoms with E-state index >= 15 is 0 Å². The van der Waals surface area contributed by atoms with Crippen molar-refractivity contribution in [3.8, 4) is 0 Å². The number of hydrogen-bond acceptors (Lipinski definition) is 5. The quantitative estimate of drug-likeness (QED) is 0.644. The lowest BCUT2D eigenvalue weighted by atomic mass is 9.81. The van der Waals surface area contributed by atoms with E-state index in [1.165, 1.54) is 20.5 Å². The third-order valence-corrected chi connectivity index (χ3v) is 6.98. The van der Waals surface area contributed by atoms with E-state index in [2.05, 4.69) is 24.5 Å². The molecule has 8 nitrogen and oxygen atoms in total. The topological polar surface area (TPSA) is 102 Å². The van der Waals surface area contributed by atoms with Crippen molar-refractivity contribution >= 4 is 33.4 Å². The van der Waals surface area contributed by atoms with Crippen molar-refractivity contribution in [2.75, 3.05) is 13.6 Å². The Morgan fingerprint density at radius 1 is 1.16 bits per heavy atom. The molecule has 2 aromatic rings. The first kappa shape index (κ1) is 23.2. The van der Waals surface area contributed by atoms with Crippen molar-refractivity contribution < 1.29 is 9.59 Å². The summed E-state index contributed by atoms with van der Waals surface area (Å²) < 4.78 is 3.19. The second-order valence-corrected chi connectivity index (χ2v) is 9.70. The average Bonchev–Trinajstić information content (AvgIpc) is 3.24. The van der Waals surface area contributed by atoms with Crippen LogP contribution < -0.4 is 21.9 Å². The number of amides is 2. The molecule has 0 aliphatic heterocycles. The van der Waals surface area contributed by atoms with Crippen molar-refractivity contribution in [2.45, 2.75) is 59.0 Å². The number of hydrogen-bond donors (Lipinski definition) is 2. The predicted octanol–water partition coefficient (Wildman–Crippen LogP) is 1.94. The number of carbonyl (C=O) groups excluding carboxylic acids is 2. The summed E-state index contributed by atoms with van der Waals surface area (Å²) >= 11 is 1.29. The van der Waals surface area contributed by atoms with Crippen molar-refractivity contribution in [2.24, 2.45) is 17.8 Å². The van der Waals surface area contributed by atoms with E-state index in [1.807, 2.05) is 0 Å². The van der Waals surface area contributed by atoms with Crippen LogP contribution in [-0.4, -0.2) is 34.5 Å². The van der Waals surface area contributed by atoms with Crippen LogP contribution >= 0.6 is 11.3 Å². The van der Waals surface area contributed by atoms with Crippen LogP contribution in [0.15, 0.2) is 21.0 Å². The number of aromatic nitrogens is 2. The molecule has 31 heavy (non-hydrogen) atoms. The first-order valence-corrected chi connectivity index (χ1v) is 11.9. The zero-order valence-electron chi connectivity index (χ0n) is 18.5. The summed E-state index contributed by atoms with van der Waals surface area (Å²) in [5.41, 5.74) is -0.221. The van der Waals surface area contributed by atoms with Crippen LogP contribution in [0.3, 0.4) is 0 Å². The molecule has 0 bridgehead atoms. The molecule has 1 saturated carbocycles. The van der Waals surface area contributed by atoms with Gasteiger partial charge in [0.1, 0.15) is 11.2 Å². The van der Waals surface area contributed by atoms with Crippen molar-refractivity contribution in [1.82, 2.24) is 19.8 Å². The van der Waals surface area contributed by atoms with Gasteiger partial charge in [0.25, 0.3) is 5.56 Å². The summed E-state index contributed by atoms with van der Waals surface area (Å²) in [6.07, 6.45) is 3.97. The molecule has 0 aromatic carbocycles. The van der Waals surface area contributed by atoms with Crippen molar-refractivity contribution in [3.05, 3.63) is 32.3 Å². The molecule has 0 unspecified atom stereocenters. The van der Waals surface area contributed by atoms with Gasteiger partial charge in [-0.2, -0.15) is 0 Å². The molecule has 3 rings (SSSR count).